The van der Waals surface area contributed by atoms with Gasteiger partial charge < -0.3 is 5.32 Å². The van der Waals surface area contributed by atoms with Crippen LogP contribution in [0.25, 0.3) is 5.78 Å². The number of nitrogens with one attached hydrogen (secondary N) is 1. The number of carbonyl (C=O) groups is 1. The monoisotopic (exact) mass is 285 g/mol. The molecule has 0 spiro atoms. The summed E-state index contributed by atoms with van der Waals surface area (Å²) in [6.07, 6.45) is 5.23. The van der Waals surface area contributed by atoms with Crippen molar-refractivity contribution >= 4 is 11.7 Å². The number of rotatable bonds is 4. The molecule has 3 aromatic rings. The summed E-state index contributed by atoms with van der Waals surface area (Å²) in [4.78, 5) is 20.2. The second-order valence-electron chi connectivity index (χ2n) is 4.58. The summed E-state index contributed by atoms with van der Waals surface area (Å²) in [5.74, 6) is 0.177. The van der Waals surface area contributed by atoms with Crippen LogP contribution in [0.4, 0.5) is 0 Å². The third-order valence-corrected chi connectivity index (χ3v) is 3.13. The van der Waals surface area contributed by atoms with E-state index in [1.165, 1.54) is 4.52 Å². The molecule has 0 aliphatic rings. The standard InChI is InChI=1S/C13H15N7O/c1-3-19-8-10(9(2)17-19)7-15-12(21)11-16-13-14-5-4-6-20(13)18-11/h4-6,8H,3,7H2,1-2H3,(H,15,21). The second kappa shape index (κ2) is 5.31. The van der Waals surface area contributed by atoms with E-state index < -0.39 is 0 Å². The minimum atomic E-state index is -0.329. The Morgan fingerprint density at radius 1 is 1.38 bits per heavy atom. The maximum Gasteiger partial charge on any atom is 0.291 e. The van der Waals surface area contributed by atoms with Gasteiger partial charge in [-0.3, -0.25) is 9.48 Å². The number of hydrogen-bond acceptors (Lipinski definition) is 5. The highest BCUT2D eigenvalue weighted by atomic mass is 16.2. The van der Waals surface area contributed by atoms with E-state index in [0.717, 1.165) is 17.8 Å². The first-order chi connectivity index (χ1) is 10.2. The van der Waals surface area contributed by atoms with Crippen LogP contribution >= 0.6 is 0 Å². The van der Waals surface area contributed by atoms with Crippen molar-refractivity contribution in [1.82, 2.24) is 34.7 Å². The third kappa shape index (κ3) is 2.60. The van der Waals surface area contributed by atoms with E-state index in [4.69, 9.17) is 0 Å². The van der Waals surface area contributed by atoms with Gasteiger partial charge in [0, 0.05) is 37.2 Å². The van der Waals surface area contributed by atoms with Crippen LogP contribution in [0.5, 0.6) is 0 Å². The van der Waals surface area contributed by atoms with Crippen LogP contribution in [0.2, 0.25) is 0 Å². The largest absolute Gasteiger partial charge is 0.345 e. The first-order valence-corrected chi connectivity index (χ1v) is 6.66. The molecule has 1 amide bonds. The smallest absolute Gasteiger partial charge is 0.291 e. The molecule has 3 aromatic heterocycles. The van der Waals surface area contributed by atoms with Gasteiger partial charge in [-0.25, -0.2) is 9.50 Å². The molecule has 3 heterocycles. The number of fused-ring (bicyclic) bond motifs is 1. The minimum absolute atomic E-state index is 0.106. The lowest BCUT2D eigenvalue weighted by Crippen LogP contribution is -2.24. The van der Waals surface area contributed by atoms with Crippen molar-refractivity contribution in [2.45, 2.75) is 26.9 Å². The molecule has 3 rings (SSSR count). The highest BCUT2D eigenvalue weighted by Crippen LogP contribution is 2.05. The van der Waals surface area contributed by atoms with Crippen molar-refractivity contribution in [2.24, 2.45) is 0 Å². The molecule has 0 fully saturated rings. The Morgan fingerprint density at radius 3 is 2.95 bits per heavy atom. The van der Waals surface area contributed by atoms with Crippen molar-refractivity contribution < 1.29 is 4.79 Å². The zero-order valence-corrected chi connectivity index (χ0v) is 11.8. The fourth-order valence-electron chi connectivity index (χ4n) is 1.98. The van der Waals surface area contributed by atoms with Crippen LogP contribution < -0.4 is 5.32 Å². The molecule has 1 N–H and O–H groups in total. The van der Waals surface area contributed by atoms with Crippen molar-refractivity contribution in [3.63, 3.8) is 0 Å². The van der Waals surface area contributed by atoms with E-state index in [2.05, 4.69) is 25.5 Å². The van der Waals surface area contributed by atoms with Gasteiger partial charge in [-0.2, -0.15) is 10.1 Å². The third-order valence-electron chi connectivity index (χ3n) is 3.13. The molecule has 0 radical (unpaired) electrons. The predicted molar refractivity (Wildman–Crippen MR) is 74.6 cm³/mol. The van der Waals surface area contributed by atoms with Crippen molar-refractivity contribution in [2.75, 3.05) is 0 Å². The lowest BCUT2D eigenvalue weighted by Gasteiger charge is -2.00. The number of aryl methyl sites for hydroxylation is 2. The number of hydrogen-bond donors (Lipinski definition) is 1. The van der Waals surface area contributed by atoms with Gasteiger partial charge in [-0.1, -0.05) is 0 Å². The summed E-state index contributed by atoms with van der Waals surface area (Å²) in [5, 5.41) is 11.2. The predicted octanol–water partition coefficient (Wildman–Crippen LogP) is 0.579. The van der Waals surface area contributed by atoms with Crippen LogP contribution in [0, 0.1) is 6.92 Å². The SMILES string of the molecule is CCn1cc(CNC(=O)c2nc3ncccn3n2)c(C)n1. The van der Waals surface area contributed by atoms with Crippen LogP contribution in [0.15, 0.2) is 24.7 Å². The van der Waals surface area contributed by atoms with E-state index in [9.17, 15) is 4.79 Å². The number of nitrogens with zero attached hydrogens (tertiary/aromatic N) is 6. The molecule has 8 heteroatoms. The van der Waals surface area contributed by atoms with E-state index >= 15 is 0 Å². The fourth-order valence-corrected chi connectivity index (χ4v) is 1.98. The molecule has 21 heavy (non-hydrogen) atoms. The van der Waals surface area contributed by atoms with E-state index in [0.29, 0.717) is 12.3 Å². The van der Waals surface area contributed by atoms with E-state index in [1.807, 2.05) is 24.7 Å². The Morgan fingerprint density at radius 2 is 2.24 bits per heavy atom. The molecule has 0 aliphatic heterocycles. The quantitative estimate of drug-likeness (QED) is 0.757. The van der Waals surface area contributed by atoms with Crippen molar-refractivity contribution in [1.29, 1.82) is 0 Å². The van der Waals surface area contributed by atoms with Gasteiger partial charge in [0.2, 0.25) is 5.82 Å². The molecular weight excluding hydrogens is 270 g/mol. The molecule has 0 unspecified atom stereocenters. The van der Waals surface area contributed by atoms with Crippen LogP contribution in [0.1, 0.15) is 28.8 Å². The number of carbonyl (C=O) groups excluding carboxylic acids is 1. The summed E-state index contributed by atoms with van der Waals surface area (Å²) < 4.78 is 3.30. The van der Waals surface area contributed by atoms with Gasteiger partial charge in [-0.15, -0.1) is 5.10 Å². The summed E-state index contributed by atoms with van der Waals surface area (Å²) in [6, 6.07) is 1.73. The number of amides is 1. The lowest BCUT2D eigenvalue weighted by molar-refractivity contribution is 0.0940. The van der Waals surface area contributed by atoms with Crippen molar-refractivity contribution in [3.8, 4) is 0 Å². The summed E-state index contributed by atoms with van der Waals surface area (Å²) in [6.45, 7) is 5.13. The Labute approximate surface area is 120 Å². The van der Waals surface area contributed by atoms with E-state index in [-0.39, 0.29) is 11.7 Å². The molecule has 8 nitrogen and oxygen atoms in total. The lowest BCUT2D eigenvalue weighted by atomic mass is 10.2. The maximum absolute atomic E-state index is 12.1. The molecular formula is C13H15N7O. The van der Waals surface area contributed by atoms with Gasteiger partial charge in [0.1, 0.15) is 0 Å². The zero-order valence-electron chi connectivity index (χ0n) is 11.8. The first kappa shape index (κ1) is 13.2. The maximum atomic E-state index is 12.1. The Balaban J connectivity index is 1.72. The van der Waals surface area contributed by atoms with Crippen LogP contribution in [-0.4, -0.2) is 35.3 Å². The van der Waals surface area contributed by atoms with Gasteiger partial charge in [-0.05, 0) is 19.9 Å². The van der Waals surface area contributed by atoms with Gasteiger partial charge in [0.25, 0.3) is 11.7 Å². The van der Waals surface area contributed by atoms with Gasteiger partial charge >= 0.3 is 0 Å². The highest BCUT2D eigenvalue weighted by Gasteiger charge is 2.14. The molecule has 0 atom stereocenters. The minimum Gasteiger partial charge on any atom is -0.345 e. The molecule has 0 aliphatic carbocycles. The molecule has 0 bridgehead atoms. The average Bonchev–Trinajstić information content (AvgIpc) is 3.08. The summed E-state index contributed by atoms with van der Waals surface area (Å²) in [5.41, 5.74) is 1.88. The fraction of sp³-hybridized carbons (Fsp3) is 0.308. The summed E-state index contributed by atoms with van der Waals surface area (Å²) >= 11 is 0. The highest BCUT2D eigenvalue weighted by molar-refractivity contribution is 5.90. The second-order valence-corrected chi connectivity index (χ2v) is 4.58. The Hall–Kier alpha value is -2.77. The number of aromatic nitrogens is 6. The van der Waals surface area contributed by atoms with Crippen molar-refractivity contribution in [3.05, 3.63) is 41.7 Å². The van der Waals surface area contributed by atoms with Crippen LogP contribution in [0.3, 0.4) is 0 Å². The van der Waals surface area contributed by atoms with E-state index in [1.54, 1.807) is 18.5 Å². The Kier molecular flexibility index (Phi) is 3.35. The molecule has 0 aromatic carbocycles. The van der Waals surface area contributed by atoms with Crippen LogP contribution in [-0.2, 0) is 13.1 Å². The summed E-state index contributed by atoms with van der Waals surface area (Å²) in [7, 11) is 0. The molecule has 108 valence electrons. The van der Waals surface area contributed by atoms with Gasteiger partial charge in [0.05, 0.1) is 5.69 Å². The topological polar surface area (TPSA) is 90.0 Å². The first-order valence-electron chi connectivity index (χ1n) is 6.66. The average molecular weight is 285 g/mol. The van der Waals surface area contributed by atoms with Gasteiger partial charge in [0.15, 0.2) is 0 Å². The normalized spacial score (nSPS) is 11.0. The zero-order chi connectivity index (χ0) is 14.8. The molecule has 0 saturated heterocycles. The molecule has 0 saturated carbocycles. The Bertz CT molecular complexity index is 756.